The summed E-state index contributed by atoms with van der Waals surface area (Å²) < 4.78 is 5.66. The van der Waals surface area contributed by atoms with Gasteiger partial charge in [0.25, 0.3) is 0 Å². The molecule has 2 bridgehead atoms. The van der Waals surface area contributed by atoms with E-state index in [1.54, 1.807) is 0 Å². The van der Waals surface area contributed by atoms with Crippen molar-refractivity contribution < 1.29 is 4.74 Å². The van der Waals surface area contributed by atoms with Crippen molar-refractivity contribution in [2.45, 2.75) is 38.2 Å². The van der Waals surface area contributed by atoms with Crippen LogP contribution in [0, 0.1) is 11.8 Å². The van der Waals surface area contributed by atoms with E-state index in [2.05, 4.69) is 11.9 Å². The topological polar surface area (TPSA) is 12.5 Å². The van der Waals surface area contributed by atoms with Crippen LogP contribution in [-0.2, 0) is 4.74 Å². The lowest BCUT2D eigenvalue weighted by molar-refractivity contribution is 0.0189. The maximum absolute atomic E-state index is 5.66. The molecule has 82 valence electrons. The van der Waals surface area contributed by atoms with Gasteiger partial charge in [0, 0.05) is 13.7 Å². The zero-order valence-electron chi connectivity index (χ0n) is 9.54. The third kappa shape index (κ3) is 2.29. The first-order valence-electron chi connectivity index (χ1n) is 6.01. The van der Waals surface area contributed by atoms with Crippen LogP contribution in [0.2, 0.25) is 0 Å². The molecule has 0 amide bonds. The van der Waals surface area contributed by atoms with Gasteiger partial charge in [-0.25, -0.2) is 0 Å². The minimum atomic E-state index is 0.552. The van der Waals surface area contributed by atoms with E-state index in [-0.39, 0.29) is 0 Å². The Bertz CT molecular complexity index is 183. The standard InChI is InChI=1S/C12H23NO/c1-13-7-6-11-5-3-4-10(9-13)8-12(11)14-2/h10-12H,3-9H2,1-2H3/t10?,11-,12?/m0/s1. The van der Waals surface area contributed by atoms with Gasteiger partial charge >= 0.3 is 0 Å². The number of nitrogens with zero attached hydrogens (tertiary/aromatic N) is 1. The van der Waals surface area contributed by atoms with Crippen LogP contribution in [0.4, 0.5) is 0 Å². The van der Waals surface area contributed by atoms with Gasteiger partial charge in [-0.1, -0.05) is 6.42 Å². The monoisotopic (exact) mass is 197 g/mol. The van der Waals surface area contributed by atoms with E-state index in [1.165, 1.54) is 45.2 Å². The summed E-state index contributed by atoms with van der Waals surface area (Å²) in [5.41, 5.74) is 0. The molecule has 2 aliphatic rings. The Balaban J connectivity index is 2.07. The van der Waals surface area contributed by atoms with Gasteiger partial charge in [0.1, 0.15) is 0 Å². The molecule has 3 atom stereocenters. The largest absolute Gasteiger partial charge is 0.381 e. The molecule has 1 saturated heterocycles. The van der Waals surface area contributed by atoms with Crippen LogP contribution >= 0.6 is 0 Å². The molecule has 1 heterocycles. The average Bonchev–Trinajstić information content (AvgIpc) is 2.29. The fraction of sp³-hybridized carbons (Fsp3) is 1.00. The molecular weight excluding hydrogens is 174 g/mol. The zero-order chi connectivity index (χ0) is 9.97. The van der Waals surface area contributed by atoms with E-state index < -0.39 is 0 Å². The molecule has 1 saturated carbocycles. The predicted octanol–water partition coefficient (Wildman–Crippen LogP) is 2.14. The van der Waals surface area contributed by atoms with E-state index in [1.807, 2.05) is 7.11 Å². The Labute approximate surface area is 87.6 Å². The summed E-state index contributed by atoms with van der Waals surface area (Å²) >= 11 is 0. The van der Waals surface area contributed by atoms with Crippen LogP contribution in [0.15, 0.2) is 0 Å². The van der Waals surface area contributed by atoms with E-state index in [9.17, 15) is 0 Å². The Morgan fingerprint density at radius 3 is 2.86 bits per heavy atom. The fourth-order valence-corrected chi connectivity index (χ4v) is 3.20. The number of hydrogen-bond acceptors (Lipinski definition) is 2. The SMILES string of the molecule is COC1CC2CCC[C@H]1CCN(C)C2. The maximum Gasteiger partial charge on any atom is 0.0603 e. The molecule has 14 heavy (non-hydrogen) atoms. The smallest absolute Gasteiger partial charge is 0.0603 e. The molecule has 2 fully saturated rings. The van der Waals surface area contributed by atoms with Gasteiger partial charge in [0.15, 0.2) is 0 Å². The van der Waals surface area contributed by atoms with Gasteiger partial charge in [0.2, 0.25) is 0 Å². The number of hydrogen-bond donors (Lipinski definition) is 0. The molecule has 0 radical (unpaired) electrons. The normalized spacial score (nSPS) is 40.3. The van der Waals surface area contributed by atoms with Gasteiger partial charge < -0.3 is 9.64 Å². The van der Waals surface area contributed by atoms with Crippen molar-refractivity contribution >= 4 is 0 Å². The molecule has 2 nitrogen and oxygen atoms in total. The van der Waals surface area contributed by atoms with Crippen LogP contribution in [0.1, 0.15) is 32.1 Å². The highest BCUT2D eigenvalue weighted by Gasteiger charge is 2.30. The first kappa shape index (κ1) is 10.4. The highest BCUT2D eigenvalue weighted by Crippen LogP contribution is 2.33. The molecule has 0 aromatic rings. The molecule has 1 aliphatic heterocycles. The van der Waals surface area contributed by atoms with E-state index >= 15 is 0 Å². The third-order valence-electron chi connectivity index (χ3n) is 4.03. The molecule has 2 unspecified atom stereocenters. The third-order valence-corrected chi connectivity index (χ3v) is 4.03. The molecule has 0 N–H and O–H groups in total. The Kier molecular flexibility index (Phi) is 3.45. The molecule has 1 aliphatic carbocycles. The summed E-state index contributed by atoms with van der Waals surface area (Å²) in [6.45, 7) is 2.55. The average molecular weight is 197 g/mol. The molecule has 0 aromatic heterocycles. The lowest BCUT2D eigenvalue weighted by Crippen LogP contribution is -2.35. The molecule has 0 aromatic carbocycles. The fourth-order valence-electron chi connectivity index (χ4n) is 3.20. The van der Waals surface area contributed by atoms with Gasteiger partial charge in [0.05, 0.1) is 6.10 Å². The number of ether oxygens (including phenoxy) is 1. The summed E-state index contributed by atoms with van der Waals surface area (Å²) in [6.07, 6.45) is 7.41. The second-order valence-corrected chi connectivity index (χ2v) is 5.12. The summed E-state index contributed by atoms with van der Waals surface area (Å²) in [6, 6.07) is 0. The summed E-state index contributed by atoms with van der Waals surface area (Å²) in [4.78, 5) is 2.51. The van der Waals surface area contributed by atoms with Crippen molar-refractivity contribution in [3.05, 3.63) is 0 Å². The van der Waals surface area contributed by atoms with Gasteiger partial charge in [-0.3, -0.25) is 0 Å². The van der Waals surface area contributed by atoms with Crippen LogP contribution in [0.25, 0.3) is 0 Å². The van der Waals surface area contributed by atoms with Crippen LogP contribution in [-0.4, -0.2) is 38.3 Å². The second kappa shape index (κ2) is 4.63. The quantitative estimate of drug-likeness (QED) is 0.638. The zero-order valence-corrected chi connectivity index (χ0v) is 9.54. The maximum atomic E-state index is 5.66. The van der Waals surface area contributed by atoms with Gasteiger partial charge in [-0.05, 0) is 51.1 Å². The number of fused-ring (bicyclic) bond motifs is 3. The van der Waals surface area contributed by atoms with Crippen LogP contribution in [0.3, 0.4) is 0 Å². The van der Waals surface area contributed by atoms with Crippen LogP contribution in [0.5, 0.6) is 0 Å². The van der Waals surface area contributed by atoms with Gasteiger partial charge in [-0.15, -0.1) is 0 Å². The first-order chi connectivity index (χ1) is 6.79. The van der Waals surface area contributed by atoms with Crippen molar-refractivity contribution in [2.75, 3.05) is 27.2 Å². The lowest BCUT2D eigenvalue weighted by atomic mass is 9.90. The Hall–Kier alpha value is -0.0800. The highest BCUT2D eigenvalue weighted by atomic mass is 16.5. The molecule has 0 spiro atoms. The number of rotatable bonds is 1. The minimum Gasteiger partial charge on any atom is -0.381 e. The predicted molar refractivity (Wildman–Crippen MR) is 58.4 cm³/mol. The van der Waals surface area contributed by atoms with E-state index in [0.29, 0.717) is 6.10 Å². The number of methoxy groups -OCH3 is 1. The number of likely N-dealkylation sites (tertiary alicyclic amines) is 1. The van der Waals surface area contributed by atoms with Crippen molar-refractivity contribution in [1.82, 2.24) is 4.90 Å². The van der Waals surface area contributed by atoms with E-state index in [4.69, 9.17) is 4.74 Å². The Morgan fingerprint density at radius 1 is 1.21 bits per heavy atom. The van der Waals surface area contributed by atoms with Crippen molar-refractivity contribution in [1.29, 1.82) is 0 Å². The van der Waals surface area contributed by atoms with Gasteiger partial charge in [-0.2, -0.15) is 0 Å². The van der Waals surface area contributed by atoms with E-state index in [0.717, 1.165) is 11.8 Å². The first-order valence-corrected chi connectivity index (χ1v) is 6.01. The van der Waals surface area contributed by atoms with Crippen molar-refractivity contribution in [2.24, 2.45) is 11.8 Å². The van der Waals surface area contributed by atoms with Crippen molar-refractivity contribution in [3.63, 3.8) is 0 Å². The highest BCUT2D eigenvalue weighted by molar-refractivity contribution is 4.83. The Morgan fingerprint density at radius 2 is 2.07 bits per heavy atom. The lowest BCUT2D eigenvalue weighted by Gasteiger charge is -2.32. The molecule has 2 heteroatoms. The van der Waals surface area contributed by atoms with Crippen LogP contribution < -0.4 is 0 Å². The summed E-state index contributed by atoms with van der Waals surface area (Å²) in [7, 11) is 4.16. The molecule has 2 rings (SSSR count). The second-order valence-electron chi connectivity index (χ2n) is 5.12. The molecular formula is C12H23NO. The minimum absolute atomic E-state index is 0.552. The van der Waals surface area contributed by atoms with Crippen molar-refractivity contribution in [3.8, 4) is 0 Å². The summed E-state index contributed by atoms with van der Waals surface area (Å²) in [5, 5.41) is 0. The summed E-state index contributed by atoms with van der Waals surface area (Å²) in [5.74, 6) is 1.71.